The van der Waals surface area contributed by atoms with Gasteiger partial charge in [0.2, 0.25) is 0 Å². The maximum absolute atomic E-state index is 10.3. The Hall–Kier alpha value is -1.42. The van der Waals surface area contributed by atoms with Gasteiger partial charge in [0.05, 0.1) is 7.11 Å². The van der Waals surface area contributed by atoms with E-state index in [0.717, 1.165) is 6.08 Å². The molecule has 0 saturated carbocycles. The van der Waals surface area contributed by atoms with Crippen molar-refractivity contribution in [3.63, 3.8) is 0 Å². The minimum atomic E-state index is -0.989. The molecule has 0 radical (unpaired) electrons. The standard InChI is InChI=1S/C10H10O3S/c1-13-10-7(5-6-9(11)12)3-2-4-8(10)14/h2-6,14H,1H3,(H,11,12)/b6-5+. The molecule has 3 nitrogen and oxygen atoms in total. The van der Waals surface area contributed by atoms with Crippen molar-refractivity contribution in [2.24, 2.45) is 0 Å². The smallest absolute Gasteiger partial charge is 0.328 e. The predicted molar refractivity (Wildman–Crippen MR) is 56.9 cm³/mol. The summed E-state index contributed by atoms with van der Waals surface area (Å²) < 4.78 is 5.09. The van der Waals surface area contributed by atoms with Crippen LogP contribution in [0, 0.1) is 0 Å². The summed E-state index contributed by atoms with van der Waals surface area (Å²) in [5, 5.41) is 8.46. The highest BCUT2D eigenvalue weighted by molar-refractivity contribution is 7.80. The van der Waals surface area contributed by atoms with Gasteiger partial charge in [0, 0.05) is 16.5 Å². The van der Waals surface area contributed by atoms with Crippen molar-refractivity contribution < 1.29 is 14.6 Å². The van der Waals surface area contributed by atoms with Gasteiger partial charge in [-0.3, -0.25) is 0 Å². The van der Waals surface area contributed by atoms with Gasteiger partial charge in [0.15, 0.2) is 0 Å². The number of ether oxygens (including phenoxy) is 1. The van der Waals surface area contributed by atoms with Gasteiger partial charge in [0.1, 0.15) is 5.75 Å². The molecule has 0 bridgehead atoms. The lowest BCUT2D eigenvalue weighted by Crippen LogP contribution is -1.90. The number of carbonyl (C=O) groups is 1. The van der Waals surface area contributed by atoms with Crippen molar-refractivity contribution in [1.82, 2.24) is 0 Å². The fraction of sp³-hybridized carbons (Fsp3) is 0.100. The lowest BCUT2D eigenvalue weighted by atomic mass is 10.2. The van der Waals surface area contributed by atoms with Crippen LogP contribution < -0.4 is 4.74 Å². The molecule has 0 fully saturated rings. The number of hydrogen-bond acceptors (Lipinski definition) is 3. The molecule has 1 rings (SSSR count). The van der Waals surface area contributed by atoms with Gasteiger partial charge >= 0.3 is 5.97 Å². The summed E-state index contributed by atoms with van der Waals surface area (Å²) in [5.74, 6) is -0.412. The van der Waals surface area contributed by atoms with Crippen LogP contribution in [0.5, 0.6) is 5.75 Å². The molecule has 0 unspecified atom stereocenters. The van der Waals surface area contributed by atoms with E-state index < -0.39 is 5.97 Å². The highest BCUT2D eigenvalue weighted by Crippen LogP contribution is 2.27. The Morgan fingerprint density at radius 3 is 2.86 bits per heavy atom. The topological polar surface area (TPSA) is 46.5 Å². The van der Waals surface area contributed by atoms with Crippen LogP contribution in [0.25, 0.3) is 6.08 Å². The molecule has 1 N–H and O–H groups in total. The van der Waals surface area contributed by atoms with E-state index in [0.29, 0.717) is 16.2 Å². The average molecular weight is 210 g/mol. The Bertz CT molecular complexity index is 372. The van der Waals surface area contributed by atoms with Crippen molar-refractivity contribution in [3.05, 3.63) is 29.8 Å². The second-order valence-corrected chi connectivity index (χ2v) is 3.05. The number of benzene rings is 1. The quantitative estimate of drug-likeness (QED) is 0.593. The number of thiol groups is 1. The maximum Gasteiger partial charge on any atom is 0.328 e. The number of carboxylic acids is 1. The summed E-state index contributed by atoms with van der Waals surface area (Å²) in [6.45, 7) is 0. The Balaban J connectivity index is 3.08. The van der Waals surface area contributed by atoms with Gasteiger partial charge < -0.3 is 9.84 Å². The van der Waals surface area contributed by atoms with Crippen molar-refractivity contribution in [3.8, 4) is 5.75 Å². The summed E-state index contributed by atoms with van der Waals surface area (Å²) in [5.41, 5.74) is 0.697. The van der Waals surface area contributed by atoms with Gasteiger partial charge in [-0.25, -0.2) is 4.79 Å². The first-order chi connectivity index (χ1) is 6.65. The van der Waals surface area contributed by atoms with Crippen LogP contribution in [0.4, 0.5) is 0 Å². The Labute approximate surface area is 87.4 Å². The fourth-order valence-electron chi connectivity index (χ4n) is 1.06. The van der Waals surface area contributed by atoms with Crippen LogP contribution in [0.1, 0.15) is 5.56 Å². The van der Waals surface area contributed by atoms with E-state index >= 15 is 0 Å². The van der Waals surface area contributed by atoms with Crippen LogP contribution in [0.3, 0.4) is 0 Å². The molecule has 0 aliphatic rings. The number of hydrogen-bond donors (Lipinski definition) is 2. The highest BCUT2D eigenvalue weighted by atomic mass is 32.1. The van der Waals surface area contributed by atoms with E-state index in [1.165, 1.54) is 13.2 Å². The summed E-state index contributed by atoms with van der Waals surface area (Å²) in [4.78, 5) is 11.0. The van der Waals surface area contributed by atoms with E-state index in [1.807, 2.05) is 0 Å². The minimum Gasteiger partial charge on any atom is -0.495 e. The van der Waals surface area contributed by atoms with E-state index in [-0.39, 0.29) is 0 Å². The van der Waals surface area contributed by atoms with E-state index in [4.69, 9.17) is 9.84 Å². The number of para-hydroxylation sites is 1. The van der Waals surface area contributed by atoms with Crippen LogP contribution in [-0.2, 0) is 4.79 Å². The minimum absolute atomic E-state index is 0.577. The normalized spacial score (nSPS) is 10.4. The first kappa shape index (κ1) is 10.7. The molecule has 0 heterocycles. The molecule has 0 spiro atoms. The van der Waals surface area contributed by atoms with Gasteiger partial charge in [-0.05, 0) is 12.1 Å². The van der Waals surface area contributed by atoms with Gasteiger partial charge in [-0.15, -0.1) is 12.6 Å². The summed E-state index contributed by atoms with van der Waals surface area (Å²) in [7, 11) is 1.52. The van der Waals surface area contributed by atoms with Crippen LogP contribution in [-0.4, -0.2) is 18.2 Å². The molecule has 0 saturated heterocycles. The van der Waals surface area contributed by atoms with Gasteiger partial charge in [-0.1, -0.05) is 12.1 Å². The zero-order valence-corrected chi connectivity index (χ0v) is 8.49. The maximum atomic E-state index is 10.3. The Morgan fingerprint density at radius 2 is 2.29 bits per heavy atom. The van der Waals surface area contributed by atoms with E-state index in [2.05, 4.69) is 12.6 Å². The van der Waals surface area contributed by atoms with Crippen LogP contribution in [0.15, 0.2) is 29.2 Å². The second kappa shape index (κ2) is 4.72. The summed E-state index contributed by atoms with van der Waals surface area (Å²) in [6, 6.07) is 5.32. The molecule has 0 aliphatic heterocycles. The molecule has 0 aliphatic carbocycles. The first-order valence-corrected chi connectivity index (χ1v) is 4.37. The molecule has 14 heavy (non-hydrogen) atoms. The molecular weight excluding hydrogens is 200 g/mol. The molecule has 74 valence electrons. The largest absolute Gasteiger partial charge is 0.495 e. The fourth-order valence-corrected chi connectivity index (χ4v) is 1.36. The molecule has 4 heteroatoms. The average Bonchev–Trinajstić information content (AvgIpc) is 2.14. The van der Waals surface area contributed by atoms with Crippen molar-refractivity contribution in [1.29, 1.82) is 0 Å². The predicted octanol–water partition coefficient (Wildman–Crippen LogP) is 2.08. The molecular formula is C10H10O3S. The Kier molecular flexibility index (Phi) is 3.59. The highest BCUT2D eigenvalue weighted by Gasteiger charge is 2.03. The van der Waals surface area contributed by atoms with Crippen molar-refractivity contribution in [2.75, 3.05) is 7.11 Å². The number of rotatable bonds is 3. The number of methoxy groups -OCH3 is 1. The van der Waals surface area contributed by atoms with Crippen LogP contribution >= 0.6 is 12.6 Å². The molecule has 0 aromatic heterocycles. The lowest BCUT2D eigenvalue weighted by Gasteiger charge is -2.06. The number of carboxylic acid groups (broad SMARTS) is 1. The van der Waals surface area contributed by atoms with E-state index in [9.17, 15) is 4.79 Å². The van der Waals surface area contributed by atoms with Crippen molar-refractivity contribution in [2.45, 2.75) is 4.90 Å². The molecule has 0 amide bonds. The van der Waals surface area contributed by atoms with Gasteiger partial charge in [0.25, 0.3) is 0 Å². The summed E-state index contributed by atoms with van der Waals surface area (Å²) >= 11 is 4.19. The number of aliphatic carboxylic acids is 1. The van der Waals surface area contributed by atoms with Crippen molar-refractivity contribution >= 4 is 24.7 Å². The monoisotopic (exact) mass is 210 g/mol. The third-order valence-electron chi connectivity index (χ3n) is 1.63. The Morgan fingerprint density at radius 1 is 1.57 bits per heavy atom. The van der Waals surface area contributed by atoms with Crippen LogP contribution in [0.2, 0.25) is 0 Å². The lowest BCUT2D eigenvalue weighted by molar-refractivity contribution is -0.131. The third-order valence-corrected chi connectivity index (χ3v) is 1.99. The third kappa shape index (κ3) is 2.53. The second-order valence-electron chi connectivity index (χ2n) is 2.57. The first-order valence-electron chi connectivity index (χ1n) is 3.92. The van der Waals surface area contributed by atoms with E-state index in [1.54, 1.807) is 18.2 Å². The zero-order chi connectivity index (χ0) is 10.6. The van der Waals surface area contributed by atoms with Gasteiger partial charge in [-0.2, -0.15) is 0 Å². The molecule has 1 aromatic rings. The SMILES string of the molecule is COc1c(S)cccc1/C=C/C(=O)O. The molecule has 0 atom stereocenters. The molecule has 1 aromatic carbocycles. The zero-order valence-electron chi connectivity index (χ0n) is 7.60. The summed E-state index contributed by atoms with van der Waals surface area (Å²) in [6.07, 6.45) is 2.53.